The molecule has 0 fully saturated rings. The van der Waals surface area contributed by atoms with Crippen molar-refractivity contribution in [1.82, 2.24) is 0 Å². The number of benzene rings is 2. The summed E-state index contributed by atoms with van der Waals surface area (Å²) in [6.07, 6.45) is 1.34. The molecular formula is C17H9ClFNO3. The highest BCUT2D eigenvalue weighted by Gasteiger charge is 2.20. The van der Waals surface area contributed by atoms with Gasteiger partial charge in [0.05, 0.1) is 10.6 Å². The van der Waals surface area contributed by atoms with Gasteiger partial charge in [0.2, 0.25) is 12.6 Å². The van der Waals surface area contributed by atoms with Crippen molar-refractivity contribution in [3.63, 3.8) is 0 Å². The van der Waals surface area contributed by atoms with Crippen molar-refractivity contribution in [3.8, 4) is 17.6 Å². The van der Waals surface area contributed by atoms with E-state index in [4.69, 9.17) is 21.1 Å². The molecule has 0 unspecified atom stereocenters. The number of nitrogens with zero attached hydrogens (tertiary/aromatic N) is 1. The Bertz CT molecular complexity index is 871. The Morgan fingerprint density at radius 1 is 1.30 bits per heavy atom. The Hall–Kier alpha value is -2.84. The Balaban J connectivity index is 2.00. The highest BCUT2D eigenvalue weighted by molar-refractivity contribution is 6.32. The van der Waals surface area contributed by atoms with Gasteiger partial charge in [-0.2, -0.15) is 5.26 Å². The lowest BCUT2D eigenvalue weighted by Crippen LogP contribution is -2.04. The molecule has 2 aromatic rings. The molecule has 0 aliphatic carbocycles. The molecule has 0 radical (unpaired) electrons. The number of rotatable bonds is 3. The van der Waals surface area contributed by atoms with Crippen LogP contribution in [0.25, 0.3) is 6.08 Å². The minimum atomic E-state index is -0.695. The van der Waals surface area contributed by atoms with Crippen LogP contribution >= 0.6 is 11.6 Å². The average molecular weight is 330 g/mol. The molecular weight excluding hydrogens is 321 g/mol. The summed E-state index contributed by atoms with van der Waals surface area (Å²) >= 11 is 6.06. The molecule has 114 valence electrons. The van der Waals surface area contributed by atoms with Crippen molar-refractivity contribution in [2.75, 3.05) is 6.79 Å². The van der Waals surface area contributed by atoms with E-state index in [0.29, 0.717) is 22.1 Å². The topological polar surface area (TPSA) is 59.3 Å². The maximum atomic E-state index is 13.7. The van der Waals surface area contributed by atoms with Crippen molar-refractivity contribution in [1.29, 1.82) is 5.26 Å². The maximum absolute atomic E-state index is 13.7. The second kappa shape index (κ2) is 6.11. The molecule has 0 amide bonds. The van der Waals surface area contributed by atoms with Crippen molar-refractivity contribution in [3.05, 3.63) is 63.9 Å². The summed E-state index contributed by atoms with van der Waals surface area (Å²) in [6, 6.07) is 10.4. The van der Waals surface area contributed by atoms with Gasteiger partial charge >= 0.3 is 0 Å². The molecule has 1 aliphatic heterocycles. The van der Waals surface area contributed by atoms with Crippen LogP contribution in [0.15, 0.2) is 42.0 Å². The lowest BCUT2D eigenvalue weighted by molar-refractivity contribution is 0.103. The standard InChI is InChI=1S/C17H9ClFNO3/c18-13-6-10(7-15-17(13)23-9-22-15)5-11(8-20)16(21)12-3-1-2-4-14(12)19/h1-7H,9H2/b11-5+. The lowest BCUT2D eigenvalue weighted by Gasteiger charge is -2.03. The number of hydrogen-bond donors (Lipinski definition) is 0. The Morgan fingerprint density at radius 2 is 2.09 bits per heavy atom. The quantitative estimate of drug-likeness (QED) is 0.485. The second-order valence-corrected chi connectivity index (χ2v) is 5.12. The van der Waals surface area contributed by atoms with Crippen LogP contribution in [-0.4, -0.2) is 12.6 Å². The molecule has 0 aromatic heterocycles. The molecule has 2 aromatic carbocycles. The predicted molar refractivity (Wildman–Crippen MR) is 81.9 cm³/mol. The van der Waals surface area contributed by atoms with Gasteiger partial charge < -0.3 is 9.47 Å². The van der Waals surface area contributed by atoms with Gasteiger partial charge in [-0.1, -0.05) is 23.7 Å². The van der Waals surface area contributed by atoms with Crippen molar-refractivity contribution >= 4 is 23.5 Å². The fraction of sp³-hybridized carbons (Fsp3) is 0.0588. The van der Waals surface area contributed by atoms with Crippen molar-refractivity contribution in [2.24, 2.45) is 0 Å². The summed E-state index contributed by atoms with van der Waals surface area (Å²) in [6.45, 7) is 0.0570. The summed E-state index contributed by atoms with van der Waals surface area (Å²) in [5, 5.41) is 9.53. The van der Waals surface area contributed by atoms with Gasteiger partial charge in [0, 0.05) is 0 Å². The molecule has 0 atom stereocenters. The fourth-order valence-corrected chi connectivity index (χ4v) is 2.45. The Kier molecular flexibility index (Phi) is 4.00. The summed E-state index contributed by atoms with van der Waals surface area (Å²) < 4.78 is 24.1. The zero-order chi connectivity index (χ0) is 16.4. The molecule has 0 bridgehead atoms. The van der Waals surface area contributed by atoms with Crippen LogP contribution in [0.4, 0.5) is 4.39 Å². The highest BCUT2D eigenvalue weighted by atomic mass is 35.5. The third-order valence-electron chi connectivity index (χ3n) is 3.24. The lowest BCUT2D eigenvalue weighted by atomic mass is 10.0. The number of allylic oxidation sites excluding steroid dienone is 1. The number of hydrogen-bond acceptors (Lipinski definition) is 4. The van der Waals surface area contributed by atoms with Crippen LogP contribution in [0.3, 0.4) is 0 Å². The molecule has 1 heterocycles. The Morgan fingerprint density at radius 3 is 2.83 bits per heavy atom. The minimum Gasteiger partial charge on any atom is -0.454 e. The maximum Gasteiger partial charge on any atom is 0.231 e. The minimum absolute atomic E-state index is 0.0570. The van der Waals surface area contributed by atoms with E-state index in [1.54, 1.807) is 18.2 Å². The second-order valence-electron chi connectivity index (χ2n) is 4.72. The number of halogens is 2. The van der Waals surface area contributed by atoms with Crippen LogP contribution in [0, 0.1) is 17.1 Å². The smallest absolute Gasteiger partial charge is 0.231 e. The van der Waals surface area contributed by atoms with E-state index in [1.807, 2.05) is 0 Å². The number of nitriles is 1. The number of ether oxygens (including phenoxy) is 2. The van der Waals surface area contributed by atoms with Gasteiger partial charge in [0.1, 0.15) is 17.5 Å². The largest absolute Gasteiger partial charge is 0.454 e. The monoisotopic (exact) mass is 329 g/mol. The molecule has 4 nitrogen and oxygen atoms in total. The van der Waals surface area contributed by atoms with Gasteiger partial charge in [0.25, 0.3) is 0 Å². The molecule has 0 saturated carbocycles. The number of carbonyl (C=O) groups is 1. The number of ketones is 1. The molecule has 6 heteroatoms. The highest BCUT2D eigenvalue weighted by Crippen LogP contribution is 2.40. The van der Waals surface area contributed by atoms with Gasteiger partial charge in [-0.25, -0.2) is 4.39 Å². The van der Waals surface area contributed by atoms with Crippen LogP contribution in [0.1, 0.15) is 15.9 Å². The van der Waals surface area contributed by atoms with Gasteiger partial charge in [-0.3, -0.25) is 4.79 Å². The third-order valence-corrected chi connectivity index (χ3v) is 3.52. The van der Waals surface area contributed by atoms with E-state index in [1.165, 1.54) is 30.3 Å². The SMILES string of the molecule is N#C/C(=C\c1cc(Cl)c2c(c1)OCO2)C(=O)c1ccccc1F. The third kappa shape index (κ3) is 2.89. The molecule has 23 heavy (non-hydrogen) atoms. The first-order valence-corrected chi connectivity index (χ1v) is 6.98. The van der Waals surface area contributed by atoms with E-state index >= 15 is 0 Å². The number of carbonyl (C=O) groups excluding carboxylic acids is 1. The van der Waals surface area contributed by atoms with Crippen molar-refractivity contribution < 1.29 is 18.7 Å². The summed E-state index contributed by atoms with van der Waals surface area (Å²) in [5.74, 6) is -0.524. The van der Waals surface area contributed by atoms with Gasteiger partial charge in [0.15, 0.2) is 11.5 Å². The summed E-state index contributed by atoms with van der Waals surface area (Å²) in [4.78, 5) is 12.3. The van der Waals surface area contributed by atoms with Crippen LogP contribution in [0.5, 0.6) is 11.5 Å². The first-order valence-electron chi connectivity index (χ1n) is 6.60. The first kappa shape index (κ1) is 15.1. The molecule has 0 N–H and O–H groups in total. The fourth-order valence-electron chi connectivity index (χ4n) is 2.18. The van der Waals surface area contributed by atoms with Gasteiger partial charge in [-0.15, -0.1) is 0 Å². The number of Topliss-reactive ketones (excluding diaryl/α,β-unsaturated/α-hetero) is 1. The predicted octanol–water partition coefficient (Wildman–Crippen LogP) is 4.00. The zero-order valence-electron chi connectivity index (χ0n) is 11.7. The van der Waals surface area contributed by atoms with Crippen LogP contribution in [-0.2, 0) is 0 Å². The van der Waals surface area contributed by atoms with Crippen LogP contribution in [0.2, 0.25) is 5.02 Å². The summed E-state index contributed by atoms with van der Waals surface area (Å²) in [5.41, 5.74) is 0.123. The van der Waals surface area contributed by atoms with E-state index in [-0.39, 0.29) is 17.9 Å². The molecule has 0 saturated heterocycles. The molecule has 1 aliphatic rings. The average Bonchev–Trinajstić information content (AvgIpc) is 3.01. The number of fused-ring (bicyclic) bond motifs is 1. The Labute approximate surface area is 136 Å². The molecule has 0 spiro atoms. The van der Waals surface area contributed by atoms with E-state index < -0.39 is 11.6 Å². The summed E-state index contributed by atoms with van der Waals surface area (Å²) in [7, 11) is 0. The van der Waals surface area contributed by atoms with E-state index in [2.05, 4.69) is 0 Å². The van der Waals surface area contributed by atoms with Crippen molar-refractivity contribution in [2.45, 2.75) is 0 Å². The zero-order valence-corrected chi connectivity index (χ0v) is 12.4. The van der Waals surface area contributed by atoms with Crippen LogP contribution < -0.4 is 9.47 Å². The van der Waals surface area contributed by atoms with E-state index in [9.17, 15) is 14.4 Å². The van der Waals surface area contributed by atoms with Gasteiger partial charge in [-0.05, 0) is 35.9 Å². The normalized spacial score (nSPS) is 12.8. The van der Waals surface area contributed by atoms with E-state index in [0.717, 1.165) is 0 Å². The molecule has 3 rings (SSSR count). The first-order chi connectivity index (χ1) is 11.1.